The summed E-state index contributed by atoms with van der Waals surface area (Å²) in [6.07, 6.45) is 1.59. The van der Waals surface area contributed by atoms with Crippen LogP contribution in [0.4, 0.5) is 5.69 Å². The van der Waals surface area contributed by atoms with E-state index in [1.807, 2.05) is 60.7 Å². The van der Waals surface area contributed by atoms with E-state index in [4.69, 9.17) is 0 Å². The molecule has 5 heteroatoms. The third-order valence-electron chi connectivity index (χ3n) is 5.05. The lowest BCUT2D eigenvalue weighted by Gasteiger charge is -2.27. The van der Waals surface area contributed by atoms with Crippen molar-refractivity contribution >= 4 is 29.4 Å². The maximum absolute atomic E-state index is 13.1. The molecule has 0 aromatic heterocycles. The molecule has 2 amide bonds. The second kappa shape index (κ2) is 8.17. The van der Waals surface area contributed by atoms with E-state index in [1.165, 1.54) is 4.90 Å². The first-order chi connectivity index (χ1) is 14.5. The molecule has 3 aromatic carbocycles. The van der Waals surface area contributed by atoms with Crippen LogP contribution in [0.25, 0.3) is 6.08 Å². The van der Waals surface area contributed by atoms with Gasteiger partial charge < -0.3 is 10.2 Å². The highest BCUT2D eigenvalue weighted by atomic mass is 16.2. The van der Waals surface area contributed by atoms with Crippen molar-refractivity contribution in [2.24, 2.45) is 0 Å². The third kappa shape index (κ3) is 3.78. The van der Waals surface area contributed by atoms with Crippen molar-refractivity contribution in [3.05, 3.63) is 107 Å². The summed E-state index contributed by atoms with van der Waals surface area (Å²) < 4.78 is 0. The van der Waals surface area contributed by atoms with Crippen LogP contribution in [0.15, 0.2) is 84.4 Å². The second-order valence-electron chi connectivity index (χ2n) is 7.06. The van der Waals surface area contributed by atoms with Crippen LogP contribution in [0, 0.1) is 0 Å². The number of hydrogen-bond donors (Lipinski definition) is 1. The number of carbonyl (C=O) groups is 3. The van der Waals surface area contributed by atoms with Crippen molar-refractivity contribution in [3.8, 4) is 0 Å². The van der Waals surface area contributed by atoms with Gasteiger partial charge in [0.1, 0.15) is 0 Å². The van der Waals surface area contributed by atoms with Gasteiger partial charge in [0.15, 0.2) is 0 Å². The van der Waals surface area contributed by atoms with Crippen LogP contribution in [0.5, 0.6) is 0 Å². The molecule has 1 heterocycles. The van der Waals surface area contributed by atoms with Gasteiger partial charge in [0, 0.05) is 24.7 Å². The molecule has 0 fully saturated rings. The van der Waals surface area contributed by atoms with Crippen LogP contribution in [0.2, 0.25) is 0 Å². The minimum absolute atomic E-state index is 0.0815. The highest BCUT2D eigenvalue weighted by Gasteiger charge is 2.33. The molecule has 30 heavy (non-hydrogen) atoms. The average Bonchev–Trinajstić information content (AvgIpc) is 2.80. The fourth-order valence-corrected chi connectivity index (χ4v) is 3.41. The van der Waals surface area contributed by atoms with Gasteiger partial charge in [-0.1, -0.05) is 60.7 Å². The molecular formula is C25H20N2O3. The topological polar surface area (TPSA) is 66.5 Å². The van der Waals surface area contributed by atoms with Crippen molar-refractivity contribution in [2.45, 2.75) is 6.54 Å². The molecule has 0 atom stereocenters. The standard InChI is InChI=1S/C25H20N2O3/c1-27-22-13-12-19(24(29)26-16-18-10-6-3-7-11-18)15-20(22)23(28)21(25(27)30)14-17-8-4-2-5-9-17/h2-15H,16H2,1H3,(H,26,29)/b21-14+. The van der Waals surface area contributed by atoms with Gasteiger partial charge in [-0.2, -0.15) is 0 Å². The molecule has 1 aliphatic rings. The normalized spacial score (nSPS) is 14.6. The molecule has 0 unspecified atom stereocenters. The Labute approximate surface area is 174 Å². The second-order valence-corrected chi connectivity index (χ2v) is 7.06. The number of benzene rings is 3. The number of anilines is 1. The summed E-state index contributed by atoms with van der Waals surface area (Å²) in [5.41, 5.74) is 3.04. The van der Waals surface area contributed by atoms with Crippen LogP contribution in [-0.4, -0.2) is 24.6 Å². The van der Waals surface area contributed by atoms with E-state index in [9.17, 15) is 14.4 Å². The number of hydrogen-bond acceptors (Lipinski definition) is 3. The number of nitrogens with zero attached hydrogens (tertiary/aromatic N) is 1. The number of ketones is 1. The number of likely N-dealkylation sites (N-methyl/N-ethyl adjacent to an activating group) is 1. The van der Waals surface area contributed by atoms with E-state index in [-0.39, 0.29) is 23.2 Å². The summed E-state index contributed by atoms with van der Waals surface area (Å²) in [5.74, 6) is -1.02. The first-order valence-electron chi connectivity index (χ1n) is 9.60. The molecular weight excluding hydrogens is 376 g/mol. The summed E-state index contributed by atoms with van der Waals surface area (Å²) in [5, 5.41) is 2.86. The smallest absolute Gasteiger partial charge is 0.262 e. The molecule has 0 aliphatic carbocycles. The molecule has 0 saturated heterocycles. The minimum Gasteiger partial charge on any atom is -0.348 e. The Balaban J connectivity index is 1.63. The van der Waals surface area contributed by atoms with Crippen molar-refractivity contribution in [3.63, 3.8) is 0 Å². The number of fused-ring (bicyclic) bond motifs is 1. The number of nitrogens with one attached hydrogen (secondary N) is 1. The van der Waals surface area contributed by atoms with Crippen LogP contribution in [0.1, 0.15) is 31.8 Å². The first kappa shape index (κ1) is 19.3. The fourth-order valence-electron chi connectivity index (χ4n) is 3.41. The van der Waals surface area contributed by atoms with Gasteiger partial charge in [-0.15, -0.1) is 0 Å². The largest absolute Gasteiger partial charge is 0.348 e. The van der Waals surface area contributed by atoms with Crippen molar-refractivity contribution in [1.82, 2.24) is 5.32 Å². The molecule has 148 valence electrons. The van der Waals surface area contributed by atoms with Gasteiger partial charge in [0.05, 0.1) is 11.3 Å². The Morgan fingerprint density at radius 3 is 2.30 bits per heavy atom. The van der Waals surface area contributed by atoms with E-state index in [0.29, 0.717) is 23.4 Å². The Morgan fingerprint density at radius 2 is 1.60 bits per heavy atom. The summed E-state index contributed by atoms with van der Waals surface area (Å²) in [4.78, 5) is 39.9. The lowest BCUT2D eigenvalue weighted by molar-refractivity contribution is -0.114. The summed E-state index contributed by atoms with van der Waals surface area (Å²) in [6.45, 7) is 0.391. The molecule has 0 radical (unpaired) electrons. The van der Waals surface area contributed by atoms with Gasteiger partial charge in [0.25, 0.3) is 11.8 Å². The third-order valence-corrected chi connectivity index (χ3v) is 5.05. The Bertz CT molecular complexity index is 1150. The maximum atomic E-state index is 13.1. The quantitative estimate of drug-likeness (QED) is 0.538. The summed E-state index contributed by atoms with van der Waals surface area (Å²) >= 11 is 0. The van der Waals surface area contributed by atoms with E-state index in [1.54, 1.807) is 31.3 Å². The van der Waals surface area contributed by atoms with Gasteiger partial charge in [-0.3, -0.25) is 14.4 Å². The van der Waals surface area contributed by atoms with Gasteiger partial charge >= 0.3 is 0 Å². The van der Waals surface area contributed by atoms with Crippen LogP contribution >= 0.6 is 0 Å². The lowest BCUT2D eigenvalue weighted by Crippen LogP contribution is -2.37. The van der Waals surface area contributed by atoms with Crippen LogP contribution < -0.4 is 10.2 Å². The number of Topliss-reactive ketones (excluding diaryl/α,β-unsaturated/α-hetero) is 1. The fraction of sp³-hybridized carbons (Fsp3) is 0.0800. The molecule has 4 rings (SSSR count). The highest BCUT2D eigenvalue weighted by molar-refractivity contribution is 6.36. The number of carbonyl (C=O) groups excluding carboxylic acids is 3. The van der Waals surface area contributed by atoms with Crippen molar-refractivity contribution < 1.29 is 14.4 Å². The first-order valence-corrected chi connectivity index (χ1v) is 9.60. The SMILES string of the molecule is CN1C(=O)/C(=C/c2ccccc2)C(=O)c2cc(C(=O)NCc3ccccc3)ccc21. The van der Waals surface area contributed by atoms with Gasteiger partial charge in [-0.05, 0) is 35.4 Å². The van der Waals surface area contributed by atoms with E-state index in [0.717, 1.165) is 11.1 Å². The Morgan fingerprint density at radius 1 is 0.933 bits per heavy atom. The Hall–Kier alpha value is -3.99. The molecule has 0 saturated carbocycles. The van der Waals surface area contributed by atoms with Gasteiger partial charge in [-0.25, -0.2) is 0 Å². The minimum atomic E-state index is -0.380. The summed E-state index contributed by atoms with van der Waals surface area (Å²) in [6, 6.07) is 23.6. The molecule has 3 aromatic rings. The zero-order valence-electron chi connectivity index (χ0n) is 16.5. The number of amides is 2. The average molecular weight is 396 g/mol. The molecule has 0 bridgehead atoms. The van der Waals surface area contributed by atoms with Crippen molar-refractivity contribution in [2.75, 3.05) is 11.9 Å². The van der Waals surface area contributed by atoms with E-state index in [2.05, 4.69) is 5.32 Å². The van der Waals surface area contributed by atoms with Crippen LogP contribution in [-0.2, 0) is 11.3 Å². The highest BCUT2D eigenvalue weighted by Crippen LogP contribution is 2.31. The van der Waals surface area contributed by atoms with Crippen LogP contribution in [0.3, 0.4) is 0 Å². The molecule has 0 spiro atoms. The molecule has 1 aliphatic heterocycles. The predicted octanol–water partition coefficient (Wildman–Crippen LogP) is 3.86. The predicted molar refractivity (Wildman–Crippen MR) is 116 cm³/mol. The molecule has 5 nitrogen and oxygen atoms in total. The van der Waals surface area contributed by atoms with E-state index >= 15 is 0 Å². The zero-order valence-corrected chi connectivity index (χ0v) is 16.5. The monoisotopic (exact) mass is 396 g/mol. The summed E-state index contributed by atoms with van der Waals surface area (Å²) in [7, 11) is 1.63. The van der Waals surface area contributed by atoms with E-state index < -0.39 is 0 Å². The van der Waals surface area contributed by atoms with Crippen molar-refractivity contribution in [1.29, 1.82) is 0 Å². The lowest BCUT2D eigenvalue weighted by atomic mass is 9.92. The van der Waals surface area contributed by atoms with Gasteiger partial charge in [0.2, 0.25) is 5.78 Å². The maximum Gasteiger partial charge on any atom is 0.262 e. The number of rotatable bonds is 4. The molecule has 1 N–H and O–H groups in total. The Kier molecular flexibility index (Phi) is 5.26. The zero-order chi connectivity index (χ0) is 21.1.